The van der Waals surface area contributed by atoms with Crippen LogP contribution in [-0.2, 0) is 0 Å². The molecule has 16 heavy (non-hydrogen) atoms. The van der Waals surface area contributed by atoms with Gasteiger partial charge >= 0.3 is 0 Å². The average Bonchev–Trinajstić information content (AvgIpc) is 2.92. The maximum absolute atomic E-state index is 6.48. The van der Waals surface area contributed by atoms with Gasteiger partial charge in [0.25, 0.3) is 0 Å². The van der Waals surface area contributed by atoms with Crippen molar-refractivity contribution in [2.75, 3.05) is 0 Å². The Hall–Kier alpha value is -0.0400. The third-order valence-electron chi connectivity index (χ3n) is 7.47. The lowest BCUT2D eigenvalue weighted by Gasteiger charge is -2.52. The molecular formula is C15H25N. The van der Waals surface area contributed by atoms with E-state index in [1.54, 1.807) is 0 Å². The largest absolute Gasteiger partial charge is 0.327 e. The molecule has 2 N–H and O–H groups in total. The standard InChI is InChI=1S/C15H25N/c1-8-4-5-14-7-15(14)12(9(2)13(15)16)11(6-8)10(14)3/h8-13H,4-7,16H2,1-3H3. The summed E-state index contributed by atoms with van der Waals surface area (Å²) in [5.74, 6) is 4.76. The van der Waals surface area contributed by atoms with Crippen LogP contribution in [0.2, 0.25) is 0 Å². The van der Waals surface area contributed by atoms with Crippen LogP contribution in [0.1, 0.15) is 46.5 Å². The van der Waals surface area contributed by atoms with Gasteiger partial charge in [-0.25, -0.2) is 0 Å². The molecule has 0 aliphatic heterocycles. The van der Waals surface area contributed by atoms with Crippen molar-refractivity contribution in [1.29, 1.82) is 0 Å². The van der Waals surface area contributed by atoms with Crippen LogP contribution in [0.15, 0.2) is 0 Å². The second-order valence-corrected chi connectivity index (χ2v) is 7.62. The molecule has 4 aliphatic rings. The van der Waals surface area contributed by atoms with Crippen molar-refractivity contribution in [2.45, 2.75) is 52.5 Å². The highest BCUT2D eigenvalue weighted by Gasteiger charge is 2.86. The van der Waals surface area contributed by atoms with Crippen molar-refractivity contribution in [2.24, 2.45) is 46.2 Å². The monoisotopic (exact) mass is 219 g/mol. The van der Waals surface area contributed by atoms with Crippen molar-refractivity contribution in [3.8, 4) is 0 Å². The Balaban J connectivity index is 1.78. The van der Waals surface area contributed by atoms with Gasteiger partial charge in [-0.05, 0) is 59.7 Å². The fourth-order valence-electron chi connectivity index (χ4n) is 6.71. The van der Waals surface area contributed by atoms with Crippen LogP contribution in [0.3, 0.4) is 0 Å². The summed E-state index contributed by atoms with van der Waals surface area (Å²) in [6.45, 7) is 7.44. The number of fused-ring (bicyclic) bond motifs is 2. The third kappa shape index (κ3) is 0.723. The summed E-state index contributed by atoms with van der Waals surface area (Å²) in [6, 6.07) is 0.540. The van der Waals surface area contributed by atoms with Gasteiger partial charge in [-0.2, -0.15) is 0 Å². The van der Waals surface area contributed by atoms with E-state index in [9.17, 15) is 0 Å². The molecule has 1 nitrogen and oxygen atoms in total. The molecule has 4 saturated carbocycles. The zero-order chi connectivity index (χ0) is 11.3. The van der Waals surface area contributed by atoms with E-state index < -0.39 is 0 Å². The first-order valence-corrected chi connectivity index (χ1v) is 7.30. The first-order valence-electron chi connectivity index (χ1n) is 7.30. The smallest absolute Gasteiger partial charge is 0.0133 e. The molecule has 2 bridgehead atoms. The summed E-state index contributed by atoms with van der Waals surface area (Å²) in [5.41, 5.74) is 7.82. The summed E-state index contributed by atoms with van der Waals surface area (Å²) in [4.78, 5) is 0. The van der Waals surface area contributed by atoms with E-state index >= 15 is 0 Å². The van der Waals surface area contributed by atoms with Crippen molar-refractivity contribution < 1.29 is 0 Å². The SMILES string of the molecule is CC1CCC23CC24C(N)C(C)C4C(C1)C3C. The third-order valence-corrected chi connectivity index (χ3v) is 7.47. The summed E-state index contributed by atoms with van der Waals surface area (Å²) in [6.07, 6.45) is 5.94. The van der Waals surface area contributed by atoms with Crippen LogP contribution in [0.5, 0.6) is 0 Å². The van der Waals surface area contributed by atoms with Crippen molar-refractivity contribution >= 4 is 0 Å². The van der Waals surface area contributed by atoms with Gasteiger partial charge in [0.15, 0.2) is 0 Å². The van der Waals surface area contributed by atoms with Gasteiger partial charge < -0.3 is 5.73 Å². The van der Waals surface area contributed by atoms with E-state index in [2.05, 4.69) is 20.8 Å². The molecular weight excluding hydrogens is 194 g/mol. The molecule has 2 spiro atoms. The van der Waals surface area contributed by atoms with Crippen LogP contribution >= 0.6 is 0 Å². The molecule has 1 heteroatoms. The lowest BCUT2D eigenvalue weighted by molar-refractivity contribution is -0.0148. The minimum absolute atomic E-state index is 0.540. The van der Waals surface area contributed by atoms with Gasteiger partial charge in [0.05, 0.1) is 0 Å². The quantitative estimate of drug-likeness (QED) is 0.666. The van der Waals surface area contributed by atoms with Crippen LogP contribution in [0.4, 0.5) is 0 Å². The molecule has 4 aliphatic carbocycles. The molecule has 8 atom stereocenters. The molecule has 4 fully saturated rings. The zero-order valence-corrected chi connectivity index (χ0v) is 10.9. The van der Waals surface area contributed by atoms with Crippen LogP contribution in [0.25, 0.3) is 0 Å². The summed E-state index contributed by atoms with van der Waals surface area (Å²) < 4.78 is 0. The predicted octanol–water partition coefficient (Wildman–Crippen LogP) is 3.04. The predicted molar refractivity (Wildman–Crippen MR) is 65.8 cm³/mol. The Labute approximate surface area is 99.2 Å². The van der Waals surface area contributed by atoms with E-state index in [-0.39, 0.29) is 0 Å². The molecule has 0 aromatic carbocycles. The highest BCUT2D eigenvalue weighted by atomic mass is 15.0. The Morgan fingerprint density at radius 3 is 2.69 bits per heavy atom. The topological polar surface area (TPSA) is 26.0 Å². The maximum atomic E-state index is 6.48. The summed E-state index contributed by atoms with van der Waals surface area (Å²) in [7, 11) is 0. The second kappa shape index (κ2) is 2.53. The average molecular weight is 219 g/mol. The lowest BCUT2D eigenvalue weighted by atomic mass is 9.54. The lowest BCUT2D eigenvalue weighted by Crippen LogP contribution is -2.58. The van der Waals surface area contributed by atoms with Crippen molar-refractivity contribution in [3.63, 3.8) is 0 Å². The number of hydrogen-bond acceptors (Lipinski definition) is 1. The van der Waals surface area contributed by atoms with E-state index in [4.69, 9.17) is 5.73 Å². The summed E-state index contributed by atoms with van der Waals surface area (Å²) in [5, 5.41) is 0. The maximum Gasteiger partial charge on any atom is 0.0133 e. The van der Waals surface area contributed by atoms with Gasteiger partial charge in [0, 0.05) is 6.04 Å². The molecule has 4 rings (SSSR count). The number of nitrogens with two attached hydrogens (primary N) is 1. The van der Waals surface area contributed by atoms with Crippen LogP contribution in [-0.4, -0.2) is 6.04 Å². The fourth-order valence-corrected chi connectivity index (χ4v) is 6.71. The normalized spacial score (nSPS) is 71.2. The Morgan fingerprint density at radius 1 is 1.19 bits per heavy atom. The Bertz CT molecular complexity index is 351. The highest BCUT2D eigenvalue weighted by Crippen LogP contribution is 2.89. The van der Waals surface area contributed by atoms with Gasteiger partial charge in [0.1, 0.15) is 0 Å². The van der Waals surface area contributed by atoms with E-state index in [0.717, 1.165) is 29.6 Å². The Kier molecular flexibility index (Phi) is 1.57. The van der Waals surface area contributed by atoms with E-state index in [1.165, 1.54) is 25.7 Å². The van der Waals surface area contributed by atoms with Crippen molar-refractivity contribution in [1.82, 2.24) is 0 Å². The van der Waals surface area contributed by atoms with E-state index in [0.29, 0.717) is 16.9 Å². The molecule has 90 valence electrons. The molecule has 0 aromatic heterocycles. The van der Waals surface area contributed by atoms with Gasteiger partial charge in [-0.3, -0.25) is 0 Å². The molecule has 0 radical (unpaired) electrons. The van der Waals surface area contributed by atoms with Gasteiger partial charge in [-0.1, -0.05) is 27.2 Å². The highest BCUT2D eigenvalue weighted by molar-refractivity contribution is 5.36. The second-order valence-electron chi connectivity index (χ2n) is 7.62. The molecule has 0 amide bonds. The van der Waals surface area contributed by atoms with Crippen molar-refractivity contribution in [3.05, 3.63) is 0 Å². The molecule has 0 saturated heterocycles. The van der Waals surface area contributed by atoms with Crippen LogP contribution in [0, 0.1) is 40.4 Å². The molecule has 0 aromatic rings. The first-order chi connectivity index (χ1) is 7.54. The molecule has 8 unspecified atom stereocenters. The zero-order valence-electron chi connectivity index (χ0n) is 10.9. The fraction of sp³-hybridized carbons (Fsp3) is 1.00. The molecule has 0 heterocycles. The van der Waals surface area contributed by atoms with Gasteiger partial charge in [0.2, 0.25) is 0 Å². The summed E-state index contributed by atoms with van der Waals surface area (Å²) >= 11 is 0. The van der Waals surface area contributed by atoms with Crippen LogP contribution < -0.4 is 5.73 Å². The number of hydrogen-bond donors (Lipinski definition) is 1. The Morgan fingerprint density at radius 2 is 1.94 bits per heavy atom. The minimum atomic E-state index is 0.540. The first kappa shape index (κ1) is 9.94. The van der Waals surface area contributed by atoms with E-state index in [1.807, 2.05) is 0 Å². The number of rotatable bonds is 0. The minimum Gasteiger partial charge on any atom is -0.327 e. The van der Waals surface area contributed by atoms with Gasteiger partial charge in [-0.15, -0.1) is 0 Å².